The van der Waals surface area contributed by atoms with E-state index in [0.29, 0.717) is 24.6 Å². The van der Waals surface area contributed by atoms with E-state index in [1.807, 2.05) is 18.7 Å². The van der Waals surface area contributed by atoms with E-state index in [4.69, 9.17) is 5.11 Å². The Labute approximate surface area is 116 Å². The smallest absolute Gasteiger partial charge is 0.333 e. The molecular formula is C12H18N4O4. The summed E-state index contributed by atoms with van der Waals surface area (Å²) < 4.78 is 1.64. The van der Waals surface area contributed by atoms with Gasteiger partial charge >= 0.3 is 11.7 Å². The van der Waals surface area contributed by atoms with Gasteiger partial charge in [-0.25, -0.2) is 4.68 Å². The number of hydrogen-bond acceptors (Lipinski definition) is 5. The normalized spacial score (nSPS) is 15.5. The molecule has 8 nitrogen and oxygen atoms in total. The highest BCUT2D eigenvalue weighted by molar-refractivity contribution is 5.68. The first-order valence-corrected chi connectivity index (χ1v) is 6.51. The lowest BCUT2D eigenvalue weighted by Crippen LogP contribution is -2.48. The lowest BCUT2D eigenvalue weighted by molar-refractivity contribution is -0.384. The maximum Gasteiger partial charge on any atom is 0.333 e. The van der Waals surface area contributed by atoms with E-state index in [0.717, 1.165) is 0 Å². The number of rotatable bonds is 5. The summed E-state index contributed by atoms with van der Waals surface area (Å²) in [6.45, 7) is 6.48. The Bertz CT molecular complexity index is 546. The number of aromatic nitrogens is 2. The fourth-order valence-electron chi connectivity index (χ4n) is 2.51. The van der Waals surface area contributed by atoms with Gasteiger partial charge in [0.15, 0.2) is 0 Å². The van der Waals surface area contributed by atoms with Gasteiger partial charge in [-0.1, -0.05) is 0 Å². The molecular weight excluding hydrogens is 264 g/mol. The zero-order valence-corrected chi connectivity index (χ0v) is 11.7. The zero-order valence-electron chi connectivity index (χ0n) is 11.7. The van der Waals surface area contributed by atoms with Crippen LogP contribution in [-0.4, -0.2) is 38.9 Å². The average molecular weight is 282 g/mol. The largest absolute Gasteiger partial charge is 0.481 e. The van der Waals surface area contributed by atoms with Gasteiger partial charge in [0.05, 0.1) is 11.3 Å². The molecule has 0 atom stereocenters. The summed E-state index contributed by atoms with van der Waals surface area (Å²) in [6, 6.07) is 0.0101. The van der Waals surface area contributed by atoms with Crippen LogP contribution in [0.15, 0.2) is 0 Å². The number of nitro groups is 1. The van der Waals surface area contributed by atoms with Crippen molar-refractivity contribution < 1.29 is 14.8 Å². The SMILES string of the molecule is Cc1nn(C(C)C)c(N2CC(CC(=O)O)C2)c1[N+](=O)[O-]. The number of carboxylic acids is 1. The average Bonchev–Trinajstić information content (AvgIpc) is 2.60. The lowest BCUT2D eigenvalue weighted by Gasteiger charge is -2.39. The molecule has 20 heavy (non-hydrogen) atoms. The van der Waals surface area contributed by atoms with Crippen molar-refractivity contribution in [3.63, 3.8) is 0 Å². The molecule has 1 aliphatic rings. The molecule has 0 aliphatic carbocycles. The number of carboxylic acid groups (broad SMARTS) is 1. The Hall–Kier alpha value is -2.12. The molecule has 0 radical (unpaired) electrons. The molecule has 0 amide bonds. The Morgan fingerprint density at radius 3 is 2.60 bits per heavy atom. The van der Waals surface area contributed by atoms with Gasteiger partial charge in [-0.3, -0.25) is 14.9 Å². The van der Waals surface area contributed by atoms with Crippen LogP contribution in [-0.2, 0) is 4.79 Å². The highest BCUT2D eigenvalue weighted by Gasteiger charge is 2.37. The molecule has 0 saturated carbocycles. The second kappa shape index (κ2) is 5.10. The van der Waals surface area contributed by atoms with Crippen LogP contribution in [0.2, 0.25) is 0 Å². The predicted molar refractivity (Wildman–Crippen MR) is 72.0 cm³/mol. The van der Waals surface area contributed by atoms with E-state index in [1.54, 1.807) is 11.6 Å². The third-order valence-corrected chi connectivity index (χ3v) is 3.42. The minimum atomic E-state index is -0.835. The summed E-state index contributed by atoms with van der Waals surface area (Å²) in [5.41, 5.74) is 0.410. The number of nitrogens with zero attached hydrogens (tertiary/aromatic N) is 4. The highest BCUT2D eigenvalue weighted by atomic mass is 16.6. The number of aliphatic carboxylic acids is 1. The fourth-order valence-corrected chi connectivity index (χ4v) is 2.51. The molecule has 1 aromatic heterocycles. The topological polar surface area (TPSA) is 102 Å². The molecule has 1 fully saturated rings. The van der Waals surface area contributed by atoms with Gasteiger partial charge < -0.3 is 10.0 Å². The van der Waals surface area contributed by atoms with E-state index < -0.39 is 10.9 Å². The minimum Gasteiger partial charge on any atom is -0.481 e. The third-order valence-electron chi connectivity index (χ3n) is 3.42. The van der Waals surface area contributed by atoms with Crippen LogP contribution in [0, 0.1) is 23.0 Å². The van der Waals surface area contributed by atoms with Gasteiger partial charge in [-0.15, -0.1) is 0 Å². The minimum absolute atomic E-state index is 0.0101. The Morgan fingerprint density at radius 1 is 1.55 bits per heavy atom. The summed E-state index contributed by atoms with van der Waals surface area (Å²) in [5, 5.41) is 24.2. The van der Waals surface area contributed by atoms with Crippen LogP contribution in [0.1, 0.15) is 32.0 Å². The van der Waals surface area contributed by atoms with Gasteiger partial charge in [-0.05, 0) is 20.8 Å². The molecule has 0 bridgehead atoms. The van der Waals surface area contributed by atoms with E-state index in [-0.39, 0.29) is 24.1 Å². The van der Waals surface area contributed by atoms with Crippen LogP contribution < -0.4 is 4.90 Å². The highest BCUT2D eigenvalue weighted by Crippen LogP contribution is 2.37. The molecule has 8 heteroatoms. The molecule has 1 aromatic rings. The van der Waals surface area contributed by atoms with Crippen LogP contribution in [0.25, 0.3) is 0 Å². The first-order chi connectivity index (χ1) is 9.31. The molecule has 0 unspecified atom stereocenters. The van der Waals surface area contributed by atoms with E-state index in [1.165, 1.54) is 0 Å². The first-order valence-electron chi connectivity index (χ1n) is 6.51. The van der Waals surface area contributed by atoms with Gasteiger partial charge in [0.1, 0.15) is 5.69 Å². The van der Waals surface area contributed by atoms with Crippen molar-refractivity contribution in [2.24, 2.45) is 5.92 Å². The van der Waals surface area contributed by atoms with Gasteiger partial charge in [0.2, 0.25) is 5.82 Å². The van der Waals surface area contributed by atoms with Crippen LogP contribution in [0.4, 0.5) is 11.5 Å². The Morgan fingerprint density at radius 2 is 2.15 bits per heavy atom. The summed E-state index contributed by atoms with van der Waals surface area (Å²) in [6.07, 6.45) is 0.0963. The van der Waals surface area contributed by atoms with E-state index in [2.05, 4.69) is 5.10 Å². The fraction of sp³-hybridized carbons (Fsp3) is 0.667. The Balaban J connectivity index is 2.27. The summed E-state index contributed by atoms with van der Waals surface area (Å²) >= 11 is 0. The van der Waals surface area contributed by atoms with E-state index >= 15 is 0 Å². The first kappa shape index (κ1) is 14.3. The summed E-state index contributed by atoms with van der Waals surface area (Å²) in [4.78, 5) is 23.3. The molecule has 2 heterocycles. The van der Waals surface area contributed by atoms with Gasteiger partial charge in [0, 0.05) is 25.0 Å². The molecule has 1 aliphatic heterocycles. The second-order valence-corrected chi connectivity index (χ2v) is 5.42. The molecule has 1 saturated heterocycles. The van der Waals surface area contributed by atoms with E-state index in [9.17, 15) is 14.9 Å². The molecule has 110 valence electrons. The van der Waals surface area contributed by atoms with Crippen molar-refractivity contribution in [2.45, 2.75) is 33.2 Å². The van der Waals surface area contributed by atoms with Crippen molar-refractivity contribution in [1.29, 1.82) is 0 Å². The molecule has 0 spiro atoms. The predicted octanol–water partition coefficient (Wildman–Crippen LogP) is 1.59. The maximum absolute atomic E-state index is 11.2. The van der Waals surface area contributed by atoms with Crippen molar-refractivity contribution >= 4 is 17.5 Å². The maximum atomic E-state index is 11.2. The summed E-state index contributed by atoms with van der Waals surface area (Å²) in [5.74, 6) is -0.301. The third kappa shape index (κ3) is 2.45. The lowest BCUT2D eigenvalue weighted by atomic mass is 9.96. The van der Waals surface area contributed by atoms with Crippen molar-refractivity contribution in [3.8, 4) is 0 Å². The second-order valence-electron chi connectivity index (χ2n) is 5.42. The molecule has 1 N–H and O–H groups in total. The van der Waals surface area contributed by atoms with Gasteiger partial charge in [0.25, 0.3) is 0 Å². The molecule has 2 rings (SSSR count). The number of anilines is 1. The summed E-state index contributed by atoms with van der Waals surface area (Å²) in [7, 11) is 0. The van der Waals surface area contributed by atoms with Crippen LogP contribution in [0.3, 0.4) is 0 Å². The number of carbonyl (C=O) groups is 1. The van der Waals surface area contributed by atoms with Crippen molar-refractivity contribution in [3.05, 3.63) is 15.8 Å². The van der Waals surface area contributed by atoms with Crippen molar-refractivity contribution in [1.82, 2.24) is 9.78 Å². The standard InChI is InChI=1S/C12H18N4O4/c1-7(2)15-12(11(16(19)20)8(3)13-15)14-5-9(6-14)4-10(17)18/h7,9H,4-6H2,1-3H3,(H,17,18). The zero-order chi connectivity index (χ0) is 15.0. The molecule has 0 aromatic carbocycles. The number of hydrogen-bond donors (Lipinski definition) is 1. The van der Waals surface area contributed by atoms with Gasteiger partial charge in [-0.2, -0.15) is 5.10 Å². The van der Waals surface area contributed by atoms with Crippen LogP contribution in [0.5, 0.6) is 0 Å². The van der Waals surface area contributed by atoms with Crippen molar-refractivity contribution in [2.75, 3.05) is 18.0 Å². The Kier molecular flexibility index (Phi) is 3.65. The number of aryl methyl sites for hydroxylation is 1. The monoisotopic (exact) mass is 282 g/mol. The quantitative estimate of drug-likeness (QED) is 0.650. The van der Waals surface area contributed by atoms with Crippen LogP contribution >= 0.6 is 0 Å².